The zero-order valence-corrected chi connectivity index (χ0v) is 19.4. The zero-order valence-electron chi connectivity index (χ0n) is 17.8. The van der Waals surface area contributed by atoms with Gasteiger partial charge < -0.3 is 4.74 Å². The van der Waals surface area contributed by atoms with Crippen molar-refractivity contribution in [2.45, 2.75) is 24.8 Å². The second kappa shape index (κ2) is 8.98. The predicted octanol–water partition coefficient (Wildman–Crippen LogP) is 6.08. The van der Waals surface area contributed by atoms with E-state index in [0.717, 1.165) is 26.7 Å². The van der Waals surface area contributed by atoms with Gasteiger partial charge in [0.15, 0.2) is 0 Å². The molecule has 7 heteroatoms. The van der Waals surface area contributed by atoms with Crippen molar-refractivity contribution in [1.82, 2.24) is 4.90 Å². The average molecular weight is 509 g/mol. The molecular weight excluding hydrogens is 487 g/mol. The van der Waals surface area contributed by atoms with E-state index in [1.165, 1.54) is 17.0 Å². The highest BCUT2D eigenvalue weighted by atomic mass is 79.9. The summed E-state index contributed by atoms with van der Waals surface area (Å²) in [7, 11) is 0. The number of carbonyl (C=O) groups is 2. The van der Waals surface area contributed by atoms with Gasteiger partial charge in [-0.2, -0.15) is 0 Å². The molecule has 2 amide bonds. The van der Waals surface area contributed by atoms with Crippen LogP contribution >= 0.6 is 15.9 Å². The molecule has 0 radical (unpaired) electrons. The summed E-state index contributed by atoms with van der Waals surface area (Å²) < 4.78 is 21.3. The molecule has 3 aromatic carbocycles. The van der Waals surface area contributed by atoms with Gasteiger partial charge in [0.1, 0.15) is 12.6 Å². The number of hydrogen-bond acceptors (Lipinski definition) is 3. The quantitative estimate of drug-likeness (QED) is 0.401. The second-order valence-corrected chi connectivity index (χ2v) is 9.17. The number of anilines is 1. The number of amides is 2. The lowest BCUT2D eigenvalue weighted by molar-refractivity contribution is -0.125. The Kier molecular flexibility index (Phi) is 5.89. The Morgan fingerprint density at radius 1 is 0.970 bits per heavy atom. The monoisotopic (exact) mass is 508 g/mol. The third-order valence-corrected chi connectivity index (χ3v) is 6.88. The van der Waals surface area contributed by atoms with E-state index in [1.807, 2.05) is 24.3 Å². The van der Waals surface area contributed by atoms with Crippen molar-refractivity contribution in [3.8, 4) is 11.1 Å². The predicted molar refractivity (Wildman–Crippen MR) is 128 cm³/mol. The van der Waals surface area contributed by atoms with Crippen LogP contribution in [0.2, 0.25) is 0 Å². The number of benzene rings is 3. The molecule has 3 aromatic rings. The lowest BCUT2D eigenvalue weighted by Crippen LogP contribution is -2.46. The number of rotatable bonds is 4. The van der Waals surface area contributed by atoms with Crippen LogP contribution in [-0.2, 0) is 9.53 Å². The summed E-state index contributed by atoms with van der Waals surface area (Å²) in [5.41, 5.74) is 4.65. The van der Waals surface area contributed by atoms with Gasteiger partial charge in [-0.15, -0.1) is 5.12 Å². The van der Waals surface area contributed by atoms with E-state index < -0.39 is 18.0 Å². The van der Waals surface area contributed by atoms with Crippen LogP contribution in [0, 0.1) is 0 Å². The number of carbonyl (C=O) groups excluding carboxylic acids is 2. The molecular formula is C26H22BrFN2O3. The summed E-state index contributed by atoms with van der Waals surface area (Å²) in [5.74, 6) is -0.832. The summed E-state index contributed by atoms with van der Waals surface area (Å²) in [6, 6.07) is 21.7. The fourth-order valence-corrected chi connectivity index (χ4v) is 5.01. The highest BCUT2D eigenvalue weighted by Gasteiger charge is 2.39. The Morgan fingerprint density at radius 3 is 2.21 bits per heavy atom. The number of ether oxygens (including phenoxy) is 1. The Morgan fingerprint density at radius 2 is 1.58 bits per heavy atom. The minimum Gasteiger partial charge on any atom is -0.448 e. The molecule has 0 spiro atoms. The highest BCUT2D eigenvalue weighted by molar-refractivity contribution is 9.10. The van der Waals surface area contributed by atoms with Gasteiger partial charge in [0, 0.05) is 16.9 Å². The first-order valence-corrected chi connectivity index (χ1v) is 11.7. The molecule has 1 heterocycles. The van der Waals surface area contributed by atoms with Crippen molar-refractivity contribution in [3.63, 3.8) is 0 Å². The molecule has 0 N–H and O–H groups in total. The van der Waals surface area contributed by atoms with Gasteiger partial charge in [-0.05, 0) is 59.4 Å². The van der Waals surface area contributed by atoms with Crippen LogP contribution in [-0.4, -0.2) is 36.1 Å². The van der Waals surface area contributed by atoms with Crippen LogP contribution in [0.4, 0.5) is 15.0 Å². The molecule has 1 fully saturated rings. The second-order valence-electron chi connectivity index (χ2n) is 8.25. The Balaban J connectivity index is 1.29. The van der Waals surface area contributed by atoms with Gasteiger partial charge in [-0.3, -0.25) is 9.69 Å². The number of nitrogens with zero attached hydrogens (tertiary/aromatic N) is 2. The van der Waals surface area contributed by atoms with Crippen LogP contribution in [0.3, 0.4) is 0 Å². The highest BCUT2D eigenvalue weighted by Crippen LogP contribution is 2.44. The third-order valence-electron chi connectivity index (χ3n) is 6.36. The molecule has 33 heavy (non-hydrogen) atoms. The van der Waals surface area contributed by atoms with E-state index in [2.05, 4.69) is 40.2 Å². The fraction of sp³-hybridized carbons (Fsp3) is 0.231. The maximum atomic E-state index is 14.8. The zero-order chi connectivity index (χ0) is 22.9. The summed E-state index contributed by atoms with van der Waals surface area (Å²) >= 11 is 3.30. The van der Waals surface area contributed by atoms with Gasteiger partial charge in [0.25, 0.3) is 5.91 Å². The first-order valence-electron chi connectivity index (χ1n) is 10.9. The lowest BCUT2D eigenvalue weighted by atomic mass is 9.98. The van der Waals surface area contributed by atoms with Crippen molar-refractivity contribution in [2.24, 2.45) is 0 Å². The largest absolute Gasteiger partial charge is 0.448 e. The minimum absolute atomic E-state index is 0.0708. The van der Waals surface area contributed by atoms with Crippen LogP contribution in [0.15, 0.2) is 77.3 Å². The third kappa shape index (κ3) is 4.02. The van der Waals surface area contributed by atoms with Crippen molar-refractivity contribution < 1.29 is 18.8 Å². The molecule has 1 aliphatic heterocycles. The van der Waals surface area contributed by atoms with Crippen LogP contribution in [0.25, 0.3) is 11.1 Å². The average Bonchev–Trinajstić information content (AvgIpc) is 3.46. The van der Waals surface area contributed by atoms with Crippen molar-refractivity contribution in [1.29, 1.82) is 0 Å². The number of hydrogen-bond donors (Lipinski definition) is 0. The smallest absolute Gasteiger partial charge is 0.410 e. The van der Waals surface area contributed by atoms with Gasteiger partial charge in [-0.25, -0.2) is 4.79 Å². The Bertz CT molecular complexity index is 1150. The molecule has 5 nitrogen and oxygen atoms in total. The lowest BCUT2D eigenvalue weighted by Gasteiger charge is -2.26. The number of halogens is 2. The van der Waals surface area contributed by atoms with E-state index >= 15 is 0 Å². The Hall–Kier alpha value is -3.19. The van der Waals surface area contributed by atoms with Gasteiger partial charge >= 0.3 is 6.09 Å². The summed E-state index contributed by atoms with van der Waals surface area (Å²) in [6.45, 7) is 0.525. The minimum atomic E-state index is -0.880. The molecule has 0 saturated carbocycles. The van der Waals surface area contributed by atoms with Gasteiger partial charge in [-0.1, -0.05) is 68.9 Å². The summed E-state index contributed by atoms with van der Waals surface area (Å²) in [5, 5.41) is 0.117. The van der Waals surface area contributed by atoms with Gasteiger partial charge in [0.2, 0.25) is 0 Å². The molecule has 1 saturated heterocycles. The first-order chi connectivity index (χ1) is 16.0. The van der Waals surface area contributed by atoms with Crippen molar-refractivity contribution in [3.05, 3.63) is 88.4 Å². The molecule has 1 aliphatic carbocycles. The van der Waals surface area contributed by atoms with E-state index in [9.17, 15) is 14.1 Å². The van der Waals surface area contributed by atoms with Crippen LogP contribution in [0.1, 0.15) is 29.9 Å². The normalized spacial score (nSPS) is 16.9. The number of likely N-dealkylation sites (tertiary alicyclic amines) is 1. The summed E-state index contributed by atoms with van der Waals surface area (Å²) in [6.07, 6.45) is 0.436. The maximum Gasteiger partial charge on any atom is 0.410 e. The van der Waals surface area contributed by atoms with Crippen molar-refractivity contribution in [2.75, 3.05) is 18.3 Å². The first kappa shape index (κ1) is 21.6. The van der Waals surface area contributed by atoms with Crippen molar-refractivity contribution >= 4 is 33.6 Å². The molecule has 1 unspecified atom stereocenters. The topological polar surface area (TPSA) is 49.9 Å². The van der Waals surface area contributed by atoms with E-state index in [1.54, 1.807) is 12.1 Å². The molecule has 5 rings (SSSR count). The molecule has 168 valence electrons. The summed E-state index contributed by atoms with van der Waals surface area (Å²) in [4.78, 5) is 27.1. The number of fused-ring (bicyclic) bond motifs is 3. The molecule has 0 bridgehead atoms. The maximum absolute atomic E-state index is 14.8. The SMILES string of the molecule is O=C(C1CCCN1C(=O)OCC1c2ccccc2-c2ccccc21)N(F)c1ccc(Br)cc1. The van der Waals surface area contributed by atoms with Crippen LogP contribution in [0.5, 0.6) is 0 Å². The van der Waals surface area contributed by atoms with Gasteiger partial charge in [0.05, 0.1) is 5.69 Å². The molecule has 2 aliphatic rings. The molecule has 0 aromatic heterocycles. The fourth-order valence-electron chi connectivity index (χ4n) is 4.75. The Labute approximate surface area is 199 Å². The van der Waals surface area contributed by atoms with E-state index in [4.69, 9.17) is 4.74 Å². The van der Waals surface area contributed by atoms with E-state index in [-0.39, 0.29) is 23.3 Å². The van der Waals surface area contributed by atoms with E-state index in [0.29, 0.717) is 19.4 Å². The standard InChI is InChI=1S/C26H22BrFN2O3/c27-17-11-13-18(14-12-17)30(28)25(31)24-10-5-15-29(24)26(32)33-16-23-21-8-3-1-6-19(21)20-7-2-4-9-22(20)23/h1-4,6-9,11-14,23-24H,5,10,15-16H2. The molecule has 1 atom stereocenters. The van der Waals surface area contributed by atoms with Crippen LogP contribution < -0.4 is 5.12 Å².